The number of aromatic amines is 2. The Bertz CT molecular complexity index is 2010. The minimum Gasteiger partial charge on any atom is -0.359 e. The molecule has 0 radical (unpaired) electrons. The molecular weight excluding hydrogens is 630 g/mol. The van der Waals surface area contributed by atoms with Crippen LogP contribution in [0.5, 0.6) is 0 Å². The number of anilines is 2. The molecule has 2 amide bonds. The number of aryl methyl sites for hydroxylation is 4. The fraction of sp³-hybridized carbons (Fsp3) is 0.188. The number of nitrogens with zero attached hydrogens (tertiary/aromatic N) is 2. The molecule has 4 aromatic rings. The molecule has 2 aliphatic rings. The lowest BCUT2D eigenvalue weighted by molar-refractivity contribution is -0.113. The second-order valence-electron chi connectivity index (χ2n) is 10.8. The molecule has 2 aromatic carbocycles. The molecule has 6 rings (SSSR count). The molecule has 0 fully saturated rings. The van der Waals surface area contributed by atoms with E-state index in [-0.39, 0.29) is 11.3 Å². The Morgan fingerprint density at radius 2 is 1.07 bits per heavy atom. The first-order valence-electron chi connectivity index (χ1n) is 14.1. The van der Waals surface area contributed by atoms with Crippen LogP contribution in [0.3, 0.4) is 0 Å². The van der Waals surface area contributed by atoms with Gasteiger partial charge in [-0.25, -0.2) is 18.5 Å². The molecule has 0 bridgehead atoms. The van der Waals surface area contributed by atoms with Gasteiger partial charge in [-0.15, -0.1) is 0 Å². The van der Waals surface area contributed by atoms with Crippen LogP contribution in [0.1, 0.15) is 45.0 Å². The van der Waals surface area contributed by atoms with Gasteiger partial charge in [-0.05, 0) is 75.2 Å². The van der Waals surface area contributed by atoms with Crippen LogP contribution in [0, 0.1) is 27.7 Å². The molecule has 4 heterocycles. The quantitative estimate of drug-likeness (QED) is 0.133. The summed E-state index contributed by atoms with van der Waals surface area (Å²) >= 11 is 0. The van der Waals surface area contributed by atoms with Crippen molar-refractivity contribution in [3.05, 3.63) is 106 Å². The van der Waals surface area contributed by atoms with E-state index in [9.17, 15) is 28.5 Å². The number of amides is 2. The van der Waals surface area contributed by atoms with Crippen molar-refractivity contribution in [1.29, 1.82) is 0 Å². The lowest BCUT2D eigenvalue weighted by Crippen LogP contribution is -2.24. The zero-order chi connectivity index (χ0) is 33.6. The Hall–Kier alpha value is -4.28. The van der Waals surface area contributed by atoms with Crippen molar-refractivity contribution >= 4 is 62.0 Å². The SMILES string of the molecule is COP(=O)(OC)N1C(=O)/C(=C\c2[nH]c(C)cc2C)c2ccccc21.Cc1cc(C)c(/C=C2\C(=O)N(P(=O)(O)O)c3ccccc32)[nH]1. The number of benzene rings is 2. The summed E-state index contributed by atoms with van der Waals surface area (Å²) in [6.45, 7) is 7.73. The van der Waals surface area contributed by atoms with E-state index in [4.69, 9.17) is 9.05 Å². The first kappa shape index (κ1) is 33.1. The lowest BCUT2D eigenvalue weighted by atomic mass is 10.1. The van der Waals surface area contributed by atoms with E-state index in [2.05, 4.69) is 9.97 Å². The summed E-state index contributed by atoms with van der Waals surface area (Å²) in [5.41, 5.74) is 8.23. The maximum absolute atomic E-state index is 13.0. The number of H-pyrrole nitrogens is 2. The van der Waals surface area contributed by atoms with Gasteiger partial charge in [0.15, 0.2) is 0 Å². The fourth-order valence-corrected chi connectivity index (χ4v) is 7.60. The van der Waals surface area contributed by atoms with Gasteiger partial charge >= 0.3 is 15.5 Å². The summed E-state index contributed by atoms with van der Waals surface area (Å²) < 4.78 is 36.2. The van der Waals surface area contributed by atoms with Gasteiger partial charge in [-0.2, -0.15) is 0 Å². The van der Waals surface area contributed by atoms with Crippen molar-refractivity contribution < 1.29 is 37.6 Å². The summed E-state index contributed by atoms with van der Waals surface area (Å²) in [6, 6.07) is 17.7. The number of rotatable bonds is 6. The third-order valence-electron chi connectivity index (χ3n) is 7.61. The van der Waals surface area contributed by atoms with Crippen LogP contribution in [-0.4, -0.2) is 45.8 Å². The molecule has 0 atom stereocenters. The predicted octanol–water partition coefficient (Wildman–Crippen LogP) is 6.53. The minimum absolute atomic E-state index is 0.230. The highest BCUT2D eigenvalue weighted by molar-refractivity contribution is 7.57. The van der Waals surface area contributed by atoms with Crippen molar-refractivity contribution in [1.82, 2.24) is 9.97 Å². The van der Waals surface area contributed by atoms with Gasteiger partial charge < -0.3 is 19.8 Å². The Morgan fingerprint density at radius 3 is 1.43 bits per heavy atom. The number of carbonyl (C=O) groups is 2. The van der Waals surface area contributed by atoms with Gasteiger partial charge in [0.2, 0.25) is 0 Å². The highest BCUT2D eigenvalue weighted by Crippen LogP contribution is 2.58. The molecule has 12 nitrogen and oxygen atoms in total. The van der Waals surface area contributed by atoms with Crippen LogP contribution in [0.15, 0.2) is 60.7 Å². The molecule has 0 saturated heterocycles. The van der Waals surface area contributed by atoms with Crippen LogP contribution in [0.4, 0.5) is 11.4 Å². The van der Waals surface area contributed by atoms with E-state index < -0.39 is 27.3 Å². The highest BCUT2D eigenvalue weighted by atomic mass is 31.2. The van der Waals surface area contributed by atoms with Gasteiger partial charge in [0.25, 0.3) is 11.8 Å². The van der Waals surface area contributed by atoms with Crippen molar-refractivity contribution in [3.63, 3.8) is 0 Å². The van der Waals surface area contributed by atoms with E-state index in [1.807, 2.05) is 52.0 Å². The van der Waals surface area contributed by atoms with E-state index >= 15 is 0 Å². The number of hydrogen-bond donors (Lipinski definition) is 4. The van der Waals surface area contributed by atoms with Crippen molar-refractivity contribution in [3.8, 4) is 0 Å². The Morgan fingerprint density at radius 1 is 0.674 bits per heavy atom. The largest absolute Gasteiger partial charge is 0.441 e. The van der Waals surface area contributed by atoms with E-state index in [1.54, 1.807) is 42.5 Å². The standard InChI is InChI=1S/C17H19N2O4P.C15H15N2O4P/c1-11-9-12(2)18-15(11)10-14-13-7-5-6-8-16(13)19(17(14)20)24(21,22-3)23-4;1-9-7-10(2)16-13(9)8-12-11-5-3-4-6-14(11)17(15(12)18)22(19,20)21/h5-10,18H,1-4H3;3-8,16H,1-2H3,(H2,19,20,21)/b14-10-;12-8-. The summed E-state index contributed by atoms with van der Waals surface area (Å²) in [6.07, 6.45) is 3.41. The summed E-state index contributed by atoms with van der Waals surface area (Å²) in [5, 5.41) is 0. The Kier molecular flexibility index (Phi) is 8.99. The first-order valence-corrected chi connectivity index (χ1v) is 17.2. The van der Waals surface area contributed by atoms with Crippen LogP contribution >= 0.6 is 15.5 Å². The third kappa shape index (κ3) is 5.99. The van der Waals surface area contributed by atoms with E-state index in [1.165, 1.54) is 20.3 Å². The first-order chi connectivity index (χ1) is 21.7. The summed E-state index contributed by atoms with van der Waals surface area (Å²) in [5.74, 6) is -1.10. The van der Waals surface area contributed by atoms with E-state index in [0.29, 0.717) is 27.1 Å². The smallest absolute Gasteiger partial charge is 0.359 e. The van der Waals surface area contributed by atoms with Crippen molar-refractivity contribution in [2.24, 2.45) is 0 Å². The van der Waals surface area contributed by atoms with Gasteiger partial charge in [0.05, 0.1) is 22.5 Å². The monoisotopic (exact) mass is 664 g/mol. The molecule has 14 heteroatoms. The molecule has 0 aliphatic carbocycles. The number of nitrogens with one attached hydrogen (secondary N) is 2. The second kappa shape index (κ2) is 12.5. The average Bonchev–Trinajstić information content (AvgIpc) is 3.69. The molecule has 2 aromatic heterocycles. The topological polar surface area (TPSA) is 165 Å². The predicted molar refractivity (Wildman–Crippen MR) is 178 cm³/mol. The zero-order valence-corrected chi connectivity index (χ0v) is 27.8. The van der Waals surface area contributed by atoms with Crippen LogP contribution in [0.25, 0.3) is 23.3 Å². The number of hydrogen-bond acceptors (Lipinski definition) is 6. The molecule has 240 valence electrons. The molecule has 0 unspecified atom stereocenters. The molecule has 2 aliphatic heterocycles. The molecule has 46 heavy (non-hydrogen) atoms. The van der Waals surface area contributed by atoms with E-state index in [0.717, 1.165) is 38.6 Å². The van der Waals surface area contributed by atoms with Crippen molar-refractivity contribution in [2.75, 3.05) is 23.6 Å². The number of para-hydroxylation sites is 2. The average molecular weight is 665 g/mol. The molecule has 0 spiro atoms. The molecular formula is C32H34N4O8P2. The number of fused-ring (bicyclic) bond motifs is 2. The maximum Gasteiger partial charge on any atom is 0.441 e. The van der Waals surface area contributed by atoms with Crippen molar-refractivity contribution in [2.45, 2.75) is 27.7 Å². The summed E-state index contributed by atoms with van der Waals surface area (Å²) in [7, 11) is -5.92. The summed E-state index contributed by atoms with van der Waals surface area (Å²) in [4.78, 5) is 50.7. The number of aromatic nitrogens is 2. The van der Waals surface area contributed by atoms with Crippen LogP contribution < -0.4 is 9.34 Å². The lowest BCUT2D eigenvalue weighted by Gasteiger charge is -2.24. The zero-order valence-electron chi connectivity index (χ0n) is 26.1. The fourth-order valence-electron chi connectivity index (χ4n) is 5.56. The third-order valence-corrected chi connectivity index (χ3v) is 10.3. The van der Waals surface area contributed by atoms with Gasteiger partial charge in [-0.1, -0.05) is 36.4 Å². The van der Waals surface area contributed by atoms with Gasteiger partial charge in [0.1, 0.15) is 0 Å². The Balaban J connectivity index is 0.000000182. The molecule has 4 N–H and O–H groups in total. The molecule has 0 saturated carbocycles. The maximum atomic E-state index is 13.0. The van der Waals surface area contributed by atoms with Crippen LogP contribution in [0.2, 0.25) is 0 Å². The Labute approximate surface area is 266 Å². The van der Waals surface area contributed by atoms with Gasteiger partial charge in [0, 0.05) is 48.1 Å². The number of carbonyl (C=O) groups excluding carboxylic acids is 2. The van der Waals surface area contributed by atoms with Crippen LogP contribution in [-0.2, 0) is 27.8 Å². The normalized spacial score (nSPS) is 16.3. The minimum atomic E-state index is -4.72. The highest BCUT2D eigenvalue weighted by Gasteiger charge is 2.45. The second-order valence-corrected chi connectivity index (χ2v) is 14.3. The van der Waals surface area contributed by atoms with Gasteiger partial charge in [-0.3, -0.25) is 18.6 Å².